The average molecular weight is 288 g/mol. The lowest BCUT2D eigenvalue weighted by Crippen LogP contribution is -2.49. The fraction of sp³-hybridized carbons (Fsp3) is 0.846. The minimum atomic E-state index is -0.964. The topological polar surface area (TPSA) is 99.1 Å². The van der Waals surface area contributed by atoms with Crippen LogP contribution in [-0.4, -0.2) is 66.1 Å². The highest BCUT2D eigenvalue weighted by Crippen LogP contribution is 2.16. The van der Waals surface area contributed by atoms with Crippen LogP contribution in [-0.2, 0) is 9.53 Å². The van der Waals surface area contributed by atoms with Crippen LogP contribution in [0, 0.1) is 0 Å². The number of ether oxygens (including phenoxy) is 1. The summed E-state index contributed by atoms with van der Waals surface area (Å²) in [5, 5.41) is 20.8. The molecule has 2 unspecified atom stereocenters. The van der Waals surface area contributed by atoms with Crippen LogP contribution in [0.15, 0.2) is 0 Å². The first-order valence-corrected chi connectivity index (χ1v) is 6.98. The third kappa shape index (κ3) is 5.34. The van der Waals surface area contributed by atoms with Crippen LogP contribution < -0.4 is 5.32 Å². The van der Waals surface area contributed by atoms with E-state index in [0.717, 1.165) is 25.7 Å². The molecule has 0 bridgehead atoms. The zero-order valence-corrected chi connectivity index (χ0v) is 11.9. The number of carbonyl (C=O) groups excluding carboxylic acids is 1. The zero-order chi connectivity index (χ0) is 15.0. The minimum Gasteiger partial charge on any atom is -0.481 e. The van der Waals surface area contributed by atoms with Crippen molar-refractivity contribution in [3.05, 3.63) is 0 Å². The number of carbonyl (C=O) groups is 2. The molecule has 0 radical (unpaired) electrons. The number of aliphatic hydroxyl groups excluding tert-OH is 1. The summed E-state index contributed by atoms with van der Waals surface area (Å²) in [5.74, 6) is -0.964. The molecule has 1 aliphatic rings. The molecule has 116 valence electrons. The quantitative estimate of drug-likeness (QED) is 0.658. The highest BCUT2D eigenvalue weighted by atomic mass is 16.5. The van der Waals surface area contributed by atoms with Gasteiger partial charge in [0.25, 0.3) is 0 Å². The average Bonchev–Trinajstić information content (AvgIpc) is 2.67. The fourth-order valence-electron chi connectivity index (χ4n) is 2.37. The molecule has 2 atom stereocenters. The van der Waals surface area contributed by atoms with Crippen molar-refractivity contribution >= 4 is 12.0 Å². The summed E-state index contributed by atoms with van der Waals surface area (Å²) in [7, 11) is 1.42. The molecule has 2 amide bonds. The number of nitrogens with zero attached hydrogens (tertiary/aromatic N) is 1. The summed E-state index contributed by atoms with van der Waals surface area (Å²) in [4.78, 5) is 24.4. The largest absolute Gasteiger partial charge is 0.481 e. The van der Waals surface area contributed by atoms with Crippen LogP contribution >= 0.6 is 0 Å². The van der Waals surface area contributed by atoms with Crippen LogP contribution in [0.3, 0.4) is 0 Å². The Morgan fingerprint density at radius 1 is 1.40 bits per heavy atom. The zero-order valence-electron chi connectivity index (χ0n) is 11.9. The predicted octanol–water partition coefficient (Wildman–Crippen LogP) is 0.423. The Bertz CT molecular complexity index is 324. The Morgan fingerprint density at radius 3 is 2.75 bits per heavy atom. The number of urea groups is 1. The lowest BCUT2D eigenvalue weighted by molar-refractivity contribution is -0.139. The van der Waals surface area contributed by atoms with Crippen LogP contribution in [0.5, 0.6) is 0 Å². The van der Waals surface area contributed by atoms with E-state index in [9.17, 15) is 14.7 Å². The molecule has 3 N–H and O–H groups in total. The fourth-order valence-corrected chi connectivity index (χ4v) is 2.37. The number of methoxy groups -OCH3 is 1. The van der Waals surface area contributed by atoms with Gasteiger partial charge in [-0.3, -0.25) is 4.79 Å². The summed E-state index contributed by atoms with van der Waals surface area (Å²) in [6, 6.07) is -0.420. The summed E-state index contributed by atoms with van der Waals surface area (Å²) in [6.45, 7) is 0.722. The van der Waals surface area contributed by atoms with Crippen LogP contribution in [0.4, 0.5) is 4.79 Å². The molecular weight excluding hydrogens is 264 g/mol. The number of nitrogens with one attached hydrogen (secondary N) is 1. The Labute approximate surface area is 118 Å². The van der Waals surface area contributed by atoms with E-state index >= 15 is 0 Å². The lowest BCUT2D eigenvalue weighted by Gasteiger charge is -2.29. The van der Waals surface area contributed by atoms with Crippen molar-refractivity contribution < 1.29 is 24.5 Å². The summed E-state index contributed by atoms with van der Waals surface area (Å²) < 4.78 is 5.01. The van der Waals surface area contributed by atoms with Crippen molar-refractivity contribution in [3.8, 4) is 0 Å². The SMILES string of the molecule is COC(CNC(=O)N1CCCCCC1CO)CC(=O)O. The van der Waals surface area contributed by atoms with Gasteiger partial charge in [-0.15, -0.1) is 0 Å². The molecule has 1 fully saturated rings. The van der Waals surface area contributed by atoms with E-state index < -0.39 is 12.1 Å². The molecule has 7 nitrogen and oxygen atoms in total. The molecule has 0 aliphatic carbocycles. The van der Waals surface area contributed by atoms with Crippen LogP contribution in [0.1, 0.15) is 32.1 Å². The second-order valence-electron chi connectivity index (χ2n) is 5.02. The first-order valence-electron chi connectivity index (χ1n) is 6.98. The van der Waals surface area contributed by atoms with Crippen molar-refractivity contribution in [2.45, 2.75) is 44.2 Å². The number of carboxylic acids is 1. The van der Waals surface area contributed by atoms with Crippen molar-refractivity contribution in [1.82, 2.24) is 10.2 Å². The Morgan fingerprint density at radius 2 is 2.15 bits per heavy atom. The molecule has 1 saturated heterocycles. The van der Waals surface area contributed by atoms with Gasteiger partial charge in [-0.2, -0.15) is 0 Å². The second-order valence-corrected chi connectivity index (χ2v) is 5.02. The van der Waals surface area contributed by atoms with Gasteiger partial charge in [-0.05, 0) is 12.8 Å². The first-order chi connectivity index (χ1) is 9.58. The standard InChI is InChI=1S/C13H24N2O5/c1-20-11(7-12(17)18)8-14-13(19)15-6-4-2-3-5-10(15)9-16/h10-11,16H,2-9H2,1H3,(H,14,19)(H,17,18). The van der Waals surface area contributed by atoms with E-state index in [1.165, 1.54) is 7.11 Å². The van der Waals surface area contributed by atoms with Gasteiger partial charge >= 0.3 is 12.0 Å². The van der Waals surface area contributed by atoms with Gasteiger partial charge in [-0.25, -0.2) is 4.79 Å². The maximum Gasteiger partial charge on any atom is 0.317 e. The molecule has 20 heavy (non-hydrogen) atoms. The van der Waals surface area contributed by atoms with Crippen molar-refractivity contribution in [3.63, 3.8) is 0 Å². The number of amides is 2. The highest BCUT2D eigenvalue weighted by molar-refractivity contribution is 5.74. The number of likely N-dealkylation sites (tertiary alicyclic amines) is 1. The Kier molecular flexibility index (Phi) is 7.32. The molecule has 0 aromatic rings. The number of rotatable bonds is 6. The summed E-state index contributed by atoms with van der Waals surface area (Å²) in [6.07, 6.45) is 3.09. The maximum atomic E-state index is 12.1. The van der Waals surface area contributed by atoms with Crippen LogP contribution in [0.2, 0.25) is 0 Å². The van der Waals surface area contributed by atoms with Gasteiger partial charge in [0.2, 0.25) is 0 Å². The molecule has 7 heteroatoms. The third-order valence-electron chi connectivity index (χ3n) is 3.57. The number of hydrogen-bond acceptors (Lipinski definition) is 4. The molecule has 1 aliphatic heterocycles. The van der Waals surface area contributed by atoms with E-state index in [4.69, 9.17) is 9.84 Å². The number of aliphatic hydroxyl groups is 1. The van der Waals surface area contributed by atoms with Crippen molar-refractivity contribution in [2.24, 2.45) is 0 Å². The highest BCUT2D eigenvalue weighted by Gasteiger charge is 2.25. The molecule has 0 aromatic carbocycles. The smallest absolute Gasteiger partial charge is 0.317 e. The molecule has 0 spiro atoms. The number of carboxylic acid groups (broad SMARTS) is 1. The Hall–Kier alpha value is -1.34. The van der Waals surface area contributed by atoms with Crippen molar-refractivity contribution in [1.29, 1.82) is 0 Å². The first kappa shape index (κ1) is 16.7. The number of aliphatic carboxylic acids is 1. The molecule has 1 heterocycles. The van der Waals surface area contributed by atoms with E-state index in [0.29, 0.717) is 6.54 Å². The molecule has 1 rings (SSSR count). The number of hydrogen-bond donors (Lipinski definition) is 3. The summed E-state index contributed by atoms with van der Waals surface area (Å²) >= 11 is 0. The third-order valence-corrected chi connectivity index (χ3v) is 3.57. The monoisotopic (exact) mass is 288 g/mol. The van der Waals surface area contributed by atoms with E-state index in [-0.39, 0.29) is 31.6 Å². The van der Waals surface area contributed by atoms with Gasteiger partial charge in [0.05, 0.1) is 25.2 Å². The Balaban J connectivity index is 2.48. The summed E-state index contributed by atoms with van der Waals surface area (Å²) in [5.41, 5.74) is 0. The second kappa shape index (κ2) is 8.76. The normalized spacial score (nSPS) is 21.1. The molecule has 0 aromatic heterocycles. The minimum absolute atomic E-state index is 0.0454. The van der Waals surface area contributed by atoms with Gasteiger partial charge in [-0.1, -0.05) is 12.8 Å². The predicted molar refractivity (Wildman–Crippen MR) is 72.5 cm³/mol. The van der Waals surface area contributed by atoms with Gasteiger partial charge in [0, 0.05) is 20.2 Å². The van der Waals surface area contributed by atoms with E-state index in [1.54, 1.807) is 4.90 Å². The lowest BCUT2D eigenvalue weighted by atomic mass is 10.1. The van der Waals surface area contributed by atoms with Gasteiger partial charge in [0.1, 0.15) is 0 Å². The molecular formula is C13H24N2O5. The van der Waals surface area contributed by atoms with E-state index in [1.807, 2.05) is 0 Å². The van der Waals surface area contributed by atoms with Gasteiger partial charge < -0.3 is 25.2 Å². The van der Waals surface area contributed by atoms with E-state index in [2.05, 4.69) is 5.32 Å². The molecule has 0 saturated carbocycles. The van der Waals surface area contributed by atoms with Crippen molar-refractivity contribution in [2.75, 3.05) is 26.8 Å². The van der Waals surface area contributed by atoms with Crippen LogP contribution in [0.25, 0.3) is 0 Å². The van der Waals surface area contributed by atoms with Gasteiger partial charge in [0.15, 0.2) is 0 Å². The maximum absolute atomic E-state index is 12.1.